The van der Waals surface area contributed by atoms with Gasteiger partial charge in [0.1, 0.15) is 0 Å². The van der Waals surface area contributed by atoms with E-state index in [-0.39, 0.29) is 0 Å². The Kier molecular flexibility index (Phi) is 6.40. The van der Waals surface area contributed by atoms with E-state index in [0.717, 1.165) is 30.8 Å². The van der Waals surface area contributed by atoms with Crippen LogP contribution < -0.4 is 14.8 Å². The summed E-state index contributed by atoms with van der Waals surface area (Å²) in [6, 6.07) is 3.70. The standard InChI is InChI=1S/C17H24ClNO2/c1-20-16-11-15(18)10-14(17(16)21-2)12-19-9-8-13-6-4-3-5-7-13/h6,10-11,19H,3-5,7-9,12H2,1-2H3. The lowest BCUT2D eigenvalue weighted by atomic mass is 9.97. The summed E-state index contributed by atoms with van der Waals surface area (Å²) >= 11 is 6.12. The third-order valence-corrected chi connectivity index (χ3v) is 4.06. The van der Waals surface area contributed by atoms with E-state index in [4.69, 9.17) is 21.1 Å². The molecular formula is C17H24ClNO2. The first kappa shape index (κ1) is 16.2. The Labute approximate surface area is 132 Å². The molecule has 1 N–H and O–H groups in total. The van der Waals surface area contributed by atoms with Crippen molar-refractivity contribution >= 4 is 11.6 Å². The maximum absolute atomic E-state index is 6.12. The van der Waals surface area contributed by atoms with Crippen LogP contribution in [-0.2, 0) is 6.54 Å². The van der Waals surface area contributed by atoms with Crippen LogP contribution in [0.2, 0.25) is 5.02 Å². The first-order valence-electron chi connectivity index (χ1n) is 7.53. The predicted molar refractivity (Wildman–Crippen MR) is 87.4 cm³/mol. The molecule has 0 saturated carbocycles. The molecule has 0 atom stereocenters. The zero-order valence-corrected chi connectivity index (χ0v) is 13.6. The van der Waals surface area contributed by atoms with Crippen LogP contribution in [0.25, 0.3) is 0 Å². The van der Waals surface area contributed by atoms with Crippen LogP contribution in [0.15, 0.2) is 23.8 Å². The Hall–Kier alpha value is -1.19. The van der Waals surface area contributed by atoms with Crippen molar-refractivity contribution in [1.82, 2.24) is 5.32 Å². The van der Waals surface area contributed by atoms with Crippen molar-refractivity contribution in [2.24, 2.45) is 0 Å². The van der Waals surface area contributed by atoms with E-state index in [0.29, 0.717) is 10.8 Å². The molecule has 116 valence electrons. The Balaban J connectivity index is 1.90. The van der Waals surface area contributed by atoms with E-state index in [1.54, 1.807) is 25.9 Å². The van der Waals surface area contributed by atoms with Gasteiger partial charge in [-0.2, -0.15) is 0 Å². The minimum atomic E-state index is 0.666. The van der Waals surface area contributed by atoms with Crippen molar-refractivity contribution in [3.05, 3.63) is 34.4 Å². The number of benzene rings is 1. The molecule has 0 heterocycles. The van der Waals surface area contributed by atoms with Crippen molar-refractivity contribution < 1.29 is 9.47 Å². The molecule has 0 unspecified atom stereocenters. The lowest BCUT2D eigenvalue weighted by Gasteiger charge is -2.15. The van der Waals surface area contributed by atoms with Crippen molar-refractivity contribution in [1.29, 1.82) is 0 Å². The number of allylic oxidation sites excluding steroid dienone is 1. The number of rotatable bonds is 7. The van der Waals surface area contributed by atoms with Gasteiger partial charge in [-0.1, -0.05) is 23.3 Å². The molecule has 0 bridgehead atoms. The van der Waals surface area contributed by atoms with Crippen molar-refractivity contribution in [3.63, 3.8) is 0 Å². The number of hydrogen-bond donors (Lipinski definition) is 1. The van der Waals surface area contributed by atoms with Gasteiger partial charge in [-0.15, -0.1) is 0 Å². The van der Waals surface area contributed by atoms with Gasteiger partial charge in [0.05, 0.1) is 14.2 Å². The van der Waals surface area contributed by atoms with Gasteiger partial charge in [0.2, 0.25) is 0 Å². The van der Waals surface area contributed by atoms with Gasteiger partial charge in [0, 0.05) is 23.2 Å². The highest BCUT2D eigenvalue weighted by atomic mass is 35.5. The average Bonchev–Trinajstić information content (AvgIpc) is 2.52. The van der Waals surface area contributed by atoms with E-state index in [9.17, 15) is 0 Å². The molecule has 21 heavy (non-hydrogen) atoms. The number of ether oxygens (including phenoxy) is 2. The van der Waals surface area contributed by atoms with Crippen LogP contribution in [0.4, 0.5) is 0 Å². The topological polar surface area (TPSA) is 30.5 Å². The molecule has 1 aliphatic rings. The van der Waals surface area contributed by atoms with Gasteiger partial charge in [0.25, 0.3) is 0 Å². The van der Waals surface area contributed by atoms with E-state index in [2.05, 4.69) is 11.4 Å². The smallest absolute Gasteiger partial charge is 0.165 e. The van der Waals surface area contributed by atoms with E-state index in [1.165, 1.54) is 25.7 Å². The predicted octanol–water partition coefficient (Wildman–Crippen LogP) is 4.34. The normalized spacial score (nSPS) is 14.7. The van der Waals surface area contributed by atoms with Crippen LogP contribution in [0.3, 0.4) is 0 Å². The molecular weight excluding hydrogens is 286 g/mol. The first-order valence-corrected chi connectivity index (χ1v) is 7.91. The number of hydrogen-bond acceptors (Lipinski definition) is 3. The van der Waals surface area contributed by atoms with Gasteiger partial charge in [-0.3, -0.25) is 0 Å². The molecule has 0 spiro atoms. The molecule has 0 aliphatic heterocycles. The summed E-state index contributed by atoms with van der Waals surface area (Å²) in [6.45, 7) is 1.71. The Bertz CT molecular complexity index is 500. The van der Waals surface area contributed by atoms with Gasteiger partial charge in [-0.05, 0) is 44.7 Å². The van der Waals surface area contributed by atoms with Crippen LogP contribution in [0, 0.1) is 0 Å². The maximum atomic E-state index is 6.12. The monoisotopic (exact) mass is 309 g/mol. The second-order valence-corrected chi connectivity index (χ2v) is 5.77. The summed E-state index contributed by atoms with van der Waals surface area (Å²) in [5.74, 6) is 1.43. The Morgan fingerprint density at radius 1 is 1.19 bits per heavy atom. The number of methoxy groups -OCH3 is 2. The summed E-state index contributed by atoms with van der Waals surface area (Å²) in [5, 5.41) is 4.13. The first-order chi connectivity index (χ1) is 10.2. The minimum Gasteiger partial charge on any atom is -0.493 e. The fourth-order valence-electron chi connectivity index (χ4n) is 2.74. The molecule has 0 aromatic heterocycles. The van der Waals surface area contributed by atoms with Crippen molar-refractivity contribution in [3.8, 4) is 11.5 Å². The molecule has 1 aliphatic carbocycles. The Morgan fingerprint density at radius 3 is 2.71 bits per heavy atom. The highest BCUT2D eigenvalue weighted by molar-refractivity contribution is 6.30. The summed E-state index contributed by atoms with van der Waals surface area (Å²) in [7, 11) is 3.28. The zero-order valence-electron chi connectivity index (χ0n) is 12.9. The second kappa shape index (κ2) is 8.30. The summed E-state index contributed by atoms with van der Waals surface area (Å²) in [4.78, 5) is 0. The molecule has 3 nitrogen and oxygen atoms in total. The van der Waals surface area contributed by atoms with Crippen molar-refractivity contribution in [2.45, 2.75) is 38.6 Å². The fraction of sp³-hybridized carbons (Fsp3) is 0.529. The summed E-state index contributed by atoms with van der Waals surface area (Å²) < 4.78 is 10.7. The summed E-state index contributed by atoms with van der Waals surface area (Å²) in [5.41, 5.74) is 2.61. The van der Waals surface area contributed by atoms with Crippen molar-refractivity contribution in [2.75, 3.05) is 20.8 Å². The quantitative estimate of drug-likeness (QED) is 0.600. The molecule has 0 fully saturated rings. The third-order valence-electron chi connectivity index (χ3n) is 3.84. The Morgan fingerprint density at radius 2 is 2.05 bits per heavy atom. The minimum absolute atomic E-state index is 0.666. The molecule has 0 saturated heterocycles. The molecule has 1 aromatic rings. The lowest BCUT2D eigenvalue weighted by molar-refractivity contribution is 0.350. The lowest BCUT2D eigenvalue weighted by Crippen LogP contribution is -2.16. The fourth-order valence-corrected chi connectivity index (χ4v) is 2.97. The summed E-state index contributed by atoms with van der Waals surface area (Å²) in [6.07, 6.45) is 8.71. The van der Waals surface area contributed by atoms with Crippen LogP contribution in [0.1, 0.15) is 37.7 Å². The number of nitrogens with one attached hydrogen (secondary N) is 1. The maximum Gasteiger partial charge on any atom is 0.165 e. The second-order valence-electron chi connectivity index (χ2n) is 5.34. The highest BCUT2D eigenvalue weighted by Crippen LogP contribution is 2.34. The SMILES string of the molecule is COc1cc(Cl)cc(CNCCC2=CCCCC2)c1OC. The van der Waals surface area contributed by atoms with E-state index < -0.39 is 0 Å². The van der Waals surface area contributed by atoms with Gasteiger partial charge >= 0.3 is 0 Å². The molecule has 2 rings (SSSR count). The van der Waals surface area contributed by atoms with Gasteiger partial charge in [-0.25, -0.2) is 0 Å². The highest BCUT2D eigenvalue weighted by Gasteiger charge is 2.11. The van der Waals surface area contributed by atoms with Gasteiger partial charge in [0.15, 0.2) is 11.5 Å². The molecule has 0 amide bonds. The largest absolute Gasteiger partial charge is 0.493 e. The van der Waals surface area contributed by atoms with Crippen LogP contribution >= 0.6 is 11.6 Å². The van der Waals surface area contributed by atoms with Crippen LogP contribution in [-0.4, -0.2) is 20.8 Å². The average molecular weight is 310 g/mol. The van der Waals surface area contributed by atoms with Gasteiger partial charge < -0.3 is 14.8 Å². The van der Waals surface area contributed by atoms with E-state index >= 15 is 0 Å². The molecule has 1 aromatic carbocycles. The number of halogens is 1. The van der Waals surface area contributed by atoms with E-state index in [1.807, 2.05) is 6.07 Å². The third kappa shape index (κ3) is 4.65. The molecule has 0 radical (unpaired) electrons. The molecule has 4 heteroatoms. The zero-order chi connectivity index (χ0) is 15.1. The van der Waals surface area contributed by atoms with Crippen LogP contribution in [0.5, 0.6) is 11.5 Å².